The summed E-state index contributed by atoms with van der Waals surface area (Å²) in [5, 5.41) is 0. The van der Waals surface area contributed by atoms with Gasteiger partial charge in [-0.1, -0.05) is 51.1 Å². The SMILES string of the molecule is CC(=O)O[C@H]1[C@@H]2[C@]3(CO3)[C@@H](OC(=O)C[C@H](c3ccccc3)N(C)C)C[C@H](OC(C)=O)[C@]2(C)[C@@H](OC(C)=O)[C@H](OC(C)=O)C2=C(C)[C@@H](OC(C)=O)C[C@@H]1C2(C)C. The van der Waals surface area contributed by atoms with Crippen LogP contribution in [0.2, 0.25) is 0 Å². The Morgan fingerprint density at radius 3 is 1.84 bits per heavy atom. The Kier molecular flexibility index (Phi) is 11.9. The first-order valence-electron chi connectivity index (χ1n) is 18.8. The Labute approximate surface area is 322 Å². The summed E-state index contributed by atoms with van der Waals surface area (Å²) < 4.78 is 43.5. The number of rotatable bonds is 10. The largest absolute Gasteiger partial charge is 0.462 e. The van der Waals surface area contributed by atoms with Crippen molar-refractivity contribution in [2.45, 2.75) is 130 Å². The van der Waals surface area contributed by atoms with Gasteiger partial charge < -0.3 is 38.1 Å². The average Bonchev–Trinajstić information content (AvgIpc) is 3.85. The van der Waals surface area contributed by atoms with E-state index < -0.39 is 101 Å². The molecule has 1 spiro atoms. The highest BCUT2D eigenvalue weighted by molar-refractivity contribution is 5.72. The van der Waals surface area contributed by atoms with Crippen LogP contribution in [0, 0.1) is 22.7 Å². The first kappa shape index (κ1) is 41.9. The van der Waals surface area contributed by atoms with Crippen molar-refractivity contribution in [3.63, 3.8) is 0 Å². The number of nitrogens with zero attached hydrogens (tertiary/aromatic N) is 1. The van der Waals surface area contributed by atoms with Gasteiger partial charge in [0, 0.05) is 58.9 Å². The highest BCUT2D eigenvalue weighted by Crippen LogP contribution is 2.66. The van der Waals surface area contributed by atoms with E-state index in [0.717, 1.165) is 5.56 Å². The van der Waals surface area contributed by atoms with Gasteiger partial charge in [-0.2, -0.15) is 0 Å². The molecular weight excluding hydrogens is 714 g/mol. The molecule has 0 unspecified atom stereocenters. The van der Waals surface area contributed by atoms with Gasteiger partial charge in [-0.05, 0) is 49.6 Å². The van der Waals surface area contributed by atoms with E-state index in [0.29, 0.717) is 11.1 Å². The highest BCUT2D eigenvalue weighted by atomic mass is 16.6. The lowest BCUT2D eigenvalue weighted by Crippen LogP contribution is -2.72. The van der Waals surface area contributed by atoms with Crippen molar-refractivity contribution in [2.24, 2.45) is 22.7 Å². The zero-order chi connectivity index (χ0) is 40.8. The topological polar surface area (TPSA) is 174 Å². The fourth-order valence-corrected chi connectivity index (χ4v) is 9.95. The van der Waals surface area contributed by atoms with Crippen LogP contribution in [0.15, 0.2) is 41.5 Å². The molecule has 1 aromatic rings. The molecule has 3 aliphatic carbocycles. The third-order valence-corrected chi connectivity index (χ3v) is 12.2. The van der Waals surface area contributed by atoms with E-state index in [2.05, 4.69) is 0 Å². The molecular formula is C41H55NO13. The van der Waals surface area contributed by atoms with E-state index >= 15 is 0 Å². The molecule has 1 aliphatic heterocycles. The molecule has 0 N–H and O–H groups in total. The first-order valence-corrected chi connectivity index (χ1v) is 18.8. The van der Waals surface area contributed by atoms with Crippen LogP contribution in [-0.4, -0.2) is 104 Å². The minimum atomic E-state index is -1.50. The molecule has 11 atom stereocenters. The van der Waals surface area contributed by atoms with Gasteiger partial charge in [0.2, 0.25) is 0 Å². The van der Waals surface area contributed by atoms with E-state index in [1.165, 1.54) is 34.6 Å². The van der Waals surface area contributed by atoms with E-state index in [1.54, 1.807) is 13.8 Å². The number of hydrogen-bond donors (Lipinski definition) is 0. The van der Waals surface area contributed by atoms with Gasteiger partial charge in [0.15, 0.2) is 12.2 Å². The maximum Gasteiger partial charge on any atom is 0.308 e. The molecule has 2 bridgehead atoms. The Balaban J connectivity index is 1.75. The maximum atomic E-state index is 14.0. The normalized spacial score (nSPS) is 33.9. The predicted octanol–water partition coefficient (Wildman–Crippen LogP) is 4.42. The van der Waals surface area contributed by atoms with Gasteiger partial charge in [-0.15, -0.1) is 0 Å². The molecule has 0 radical (unpaired) electrons. The summed E-state index contributed by atoms with van der Waals surface area (Å²) in [4.78, 5) is 80.9. The van der Waals surface area contributed by atoms with Gasteiger partial charge in [0.25, 0.3) is 0 Å². The molecule has 1 heterocycles. The van der Waals surface area contributed by atoms with Crippen LogP contribution >= 0.6 is 0 Å². The summed E-state index contributed by atoms with van der Waals surface area (Å²) >= 11 is 0. The number of benzene rings is 1. The lowest BCUT2D eigenvalue weighted by molar-refractivity contribution is -0.258. The molecule has 14 heteroatoms. The molecule has 14 nitrogen and oxygen atoms in total. The van der Waals surface area contributed by atoms with E-state index in [9.17, 15) is 28.8 Å². The molecule has 0 aromatic heterocycles. The van der Waals surface area contributed by atoms with Gasteiger partial charge >= 0.3 is 35.8 Å². The van der Waals surface area contributed by atoms with Gasteiger partial charge in [0.1, 0.15) is 30.0 Å². The Morgan fingerprint density at radius 1 is 0.764 bits per heavy atom. The summed E-state index contributed by atoms with van der Waals surface area (Å²) in [6.07, 6.45) is -6.61. The van der Waals surface area contributed by atoms with Crippen molar-refractivity contribution in [3.05, 3.63) is 47.0 Å². The maximum absolute atomic E-state index is 14.0. The van der Waals surface area contributed by atoms with E-state index in [1.807, 2.05) is 63.2 Å². The number of hydrogen-bond acceptors (Lipinski definition) is 14. The fraction of sp³-hybridized carbons (Fsp3) is 0.659. The van der Waals surface area contributed by atoms with Gasteiger partial charge in [-0.3, -0.25) is 28.8 Å². The van der Waals surface area contributed by atoms with Crippen LogP contribution in [0.1, 0.15) is 93.2 Å². The smallest absolute Gasteiger partial charge is 0.308 e. The number of fused-ring (bicyclic) bond motifs is 4. The zero-order valence-corrected chi connectivity index (χ0v) is 33.7. The van der Waals surface area contributed by atoms with Crippen LogP contribution in [-0.2, 0) is 61.9 Å². The minimum absolute atomic E-state index is 0.0190. The standard InChI is InChI=1S/C41H55NO13/c1-21-30(50-22(2)43)17-28-35(52-24(4)45)37-40(9,38(54-26(6)47)36(53-25(5)46)34(21)39(28,7)8)31(51-23(3)44)19-32(41(37)20-49-41)55-33(48)18-29(42(10)11)27-15-13-12-14-16-27/h12-16,28-32,35-38H,17-20H2,1-11H3/t28-,29+,30-,31-,32-,35+,36+,37-,38-,40-,41-/m0/s1. The quantitative estimate of drug-likeness (QED) is 0.142. The third-order valence-electron chi connectivity index (χ3n) is 12.2. The second-order valence-corrected chi connectivity index (χ2v) is 16.4. The second kappa shape index (κ2) is 15.7. The van der Waals surface area contributed by atoms with Crippen molar-refractivity contribution in [2.75, 3.05) is 20.7 Å². The highest BCUT2D eigenvalue weighted by Gasteiger charge is 2.78. The summed E-state index contributed by atoms with van der Waals surface area (Å²) in [5.74, 6) is -5.41. The number of ether oxygens (including phenoxy) is 7. The van der Waals surface area contributed by atoms with Crippen LogP contribution in [0.5, 0.6) is 0 Å². The number of esters is 6. The summed E-state index contributed by atoms with van der Waals surface area (Å²) in [5.41, 5.74) is -1.77. The predicted molar refractivity (Wildman–Crippen MR) is 195 cm³/mol. The second-order valence-electron chi connectivity index (χ2n) is 16.4. The van der Waals surface area contributed by atoms with Crippen molar-refractivity contribution in [3.8, 4) is 0 Å². The van der Waals surface area contributed by atoms with Gasteiger partial charge in [0.05, 0.1) is 18.4 Å². The molecule has 1 saturated heterocycles. The summed E-state index contributed by atoms with van der Waals surface area (Å²) in [7, 11) is 3.73. The summed E-state index contributed by atoms with van der Waals surface area (Å²) in [6.45, 7) is 13.7. The van der Waals surface area contributed by atoms with Crippen LogP contribution in [0.3, 0.4) is 0 Å². The zero-order valence-electron chi connectivity index (χ0n) is 33.7. The first-order chi connectivity index (χ1) is 25.6. The lowest BCUT2D eigenvalue weighted by atomic mass is 9.47. The van der Waals surface area contributed by atoms with Crippen LogP contribution in [0.25, 0.3) is 0 Å². The third kappa shape index (κ3) is 8.03. The Bertz CT molecular complexity index is 1710. The average molecular weight is 770 g/mol. The summed E-state index contributed by atoms with van der Waals surface area (Å²) in [6, 6.07) is 9.21. The number of carbonyl (C=O) groups excluding carboxylic acids is 6. The van der Waals surface area contributed by atoms with Crippen molar-refractivity contribution in [1.82, 2.24) is 4.90 Å². The molecule has 4 aliphatic rings. The van der Waals surface area contributed by atoms with Crippen LogP contribution in [0.4, 0.5) is 0 Å². The molecule has 302 valence electrons. The van der Waals surface area contributed by atoms with E-state index in [4.69, 9.17) is 33.2 Å². The molecule has 55 heavy (non-hydrogen) atoms. The Hall–Kier alpha value is -4.30. The molecule has 2 saturated carbocycles. The molecule has 3 fully saturated rings. The van der Waals surface area contributed by atoms with Crippen molar-refractivity contribution in [1.29, 1.82) is 0 Å². The van der Waals surface area contributed by atoms with Crippen molar-refractivity contribution >= 4 is 35.8 Å². The Morgan fingerprint density at radius 2 is 1.33 bits per heavy atom. The van der Waals surface area contributed by atoms with E-state index in [-0.39, 0.29) is 31.9 Å². The monoisotopic (exact) mass is 769 g/mol. The number of carbonyl (C=O) groups is 6. The molecule has 1 aromatic carbocycles. The molecule has 0 amide bonds. The minimum Gasteiger partial charge on any atom is -0.462 e. The van der Waals surface area contributed by atoms with Gasteiger partial charge in [-0.25, -0.2) is 0 Å². The number of epoxide rings is 1. The molecule has 5 rings (SSSR count). The van der Waals surface area contributed by atoms with Crippen molar-refractivity contribution < 1.29 is 61.9 Å². The lowest BCUT2D eigenvalue weighted by Gasteiger charge is -2.62. The fourth-order valence-electron chi connectivity index (χ4n) is 9.95. The van der Waals surface area contributed by atoms with Crippen LogP contribution < -0.4 is 0 Å².